The number of carbonyl (C=O) groups is 2. The van der Waals surface area contributed by atoms with Crippen molar-refractivity contribution >= 4 is 11.9 Å². The Morgan fingerprint density at radius 2 is 2.17 bits per heavy atom. The zero-order chi connectivity index (χ0) is 17.3. The van der Waals surface area contributed by atoms with Gasteiger partial charge in [0.25, 0.3) is 5.91 Å². The second-order valence-electron chi connectivity index (χ2n) is 7.20. The van der Waals surface area contributed by atoms with Crippen LogP contribution in [0.2, 0.25) is 0 Å². The number of imide groups is 1. The van der Waals surface area contributed by atoms with Crippen LogP contribution in [0.15, 0.2) is 24.3 Å². The van der Waals surface area contributed by atoms with E-state index in [1.54, 1.807) is 6.07 Å². The molecule has 3 rings (SSSR count). The molecule has 0 radical (unpaired) electrons. The standard InChI is InChI=1S/C18H24FN3O2/c1-13-6-3-4-9-18(13)16(23)22(17(24)20-18)12-21(2)11-14-7-5-8-15(19)10-14/h5,7-8,10,13H,3-4,6,9,11-12H2,1-2H3,(H,20,24)/p+1/t13-,18+/m1/s1. The summed E-state index contributed by atoms with van der Waals surface area (Å²) in [5, 5.41) is 2.96. The van der Waals surface area contributed by atoms with Gasteiger partial charge in [0.15, 0.2) is 6.67 Å². The van der Waals surface area contributed by atoms with Crippen molar-refractivity contribution < 1.29 is 18.9 Å². The van der Waals surface area contributed by atoms with E-state index in [1.165, 1.54) is 17.0 Å². The topological polar surface area (TPSA) is 53.9 Å². The lowest BCUT2D eigenvalue weighted by molar-refractivity contribution is -0.901. The molecule has 2 fully saturated rings. The third kappa shape index (κ3) is 3.02. The van der Waals surface area contributed by atoms with Gasteiger partial charge in [-0.25, -0.2) is 14.1 Å². The summed E-state index contributed by atoms with van der Waals surface area (Å²) in [4.78, 5) is 27.6. The van der Waals surface area contributed by atoms with Crippen molar-refractivity contribution in [1.82, 2.24) is 10.2 Å². The van der Waals surface area contributed by atoms with Crippen molar-refractivity contribution in [3.63, 3.8) is 0 Å². The monoisotopic (exact) mass is 334 g/mol. The van der Waals surface area contributed by atoms with Gasteiger partial charge in [-0.15, -0.1) is 0 Å². The number of hydrogen-bond donors (Lipinski definition) is 2. The largest absolute Gasteiger partial charge is 0.329 e. The summed E-state index contributed by atoms with van der Waals surface area (Å²) in [7, 11) is 1.90. The van der Waals surface area contributed by atoms with Gasteiger partial charge in [-0.05, 0) is 30.9 Å². The number of amides is 3. The molecular formula is C18H25FN3O2+. The Morgan fingerprint density at radius 1 is 1.38 bits per heavy atom. The average molecular weight is 334 g/mol. The van der Waals surface area contributed by atoms with Crippen molar-refractivity contribution in [2.75, 3.05) is 13.7 Å². The molecule has 1 saturated heterocycles. The highest BCUT2D eigenvalue weighted by molar-refractivity contribution is 6.07. The van der Waals surface area contributed by atoms with Gasteiger partial charge in [0.2, 0.25) is 0 Å². The quantitative estimate of drug-likeness (QED) is 0.816. The van der Waals surface area contributed by atoms with E-state index in [0.717, 1.165) is 36.1 Å². The second-order valence-corrected chi connectivity index (χ2v) is 7.20. The maximum absolute atomic E-state index is 13.3. The summed E-state index contributed by atoms with van der Waals surface area (Å²) in [6.07, 6.45) is 3.76. The molecule has 24 heavy (non-hydrogen) atoms. The molecule has 1 aromatic rings. The lowest BCUT2D eigenvalue weighted by Gasteiger charge is -2.36. The fraction of sp³-hybridized carbons (Fsp3) is 0.556. The maximum Gasteiger partial charge on any atom is 0.329 e. The molecule has 1 aromatic carbocycles. The van der Waals surface area contributed by atoms with Crippen molar-refractivity contribution in [3.8, 4) is 0 Å². The van der Waals surface area contributed by atoms with Gasteiger partial charge in [0.05, 0.1) is 7.05 Å². The van der Waals surface area contributed by atoms with E-state index >= 15 is 0 Å². The highest BCUT2D eigenvalue weighted by atomic mass is 19.1. The van der Waals surface area contributed by atoms with Gasteiger partial charge in [0, 0.05) is 5.56 Å². The summed E-state index contributed by atoms with van der Waals surface area (Å²) in [5.41, 5.74) is 0.134. The number of rotatable bonds is 4. The Kier molecular flexibility index (Phi) is 4.58. The SMILES string of the molecule is C[C@@H]1CCCC[C@]12NC(=O)N(C[NH+](C)Cc1cccc(F)c1)C2=O. The predicted octanol–water partition coefficient (Wildman–Crippen LogP) is 1.30. The Balaban J connectivity index is 1.68. The normalized spacial score (nSPS) is 28.3. The molecule has 1 spiro atoms. The molecule has 5 nitrogen and oxygen atoms in total. The molecule has 1 aliphatic carbocycles. The van der Waals surface area contributed by atoms with E-state index in [2.05, 4.69) is 5.32 Å². The molecule has 130 valence electrons. The minimum Gasteiger partial charge on any atom is -0.323 e. The lowest BCUT2D eigenvalue weighted by atomic mass is 9.73. The van der Waals surface area contributed by atoms with Gasteiger partial charge in [-0.2, -0.15) is 0 Å². The molecule has 1 aliphatic heterocycles. The first-order valence-electron chi connectivity index (χ1n) is 8.62. The molecule has 1 unspecified atom stereocenters. The van der Waals surface area contributed by atoms with Crippen LogP contribution in [-0.2, 0) is 11.3 Å². The zero-order valence-electron chi connectivity index (χ0n) is 14.3. The minimum absolute atomic E-state index is 0.0988. The molecule has 2 N–H and O–H groups in total. The fourth-order valence-electron chi connectivity index (χ4n) is 3.96. The van der Waals surface area contributed by atoms with Crippen LogP contribution in [0.3, 0.4) is 0 Å². The Labute approximate surface area is 141 Å². The molecule has 1 saturated carbocycles. The molecule has 1 heterocycles. The van der Waals surface area contributed by atoms with Crippen LogP contribution < -0.4 is 10.2 Å². The third-order valence-corrected chi connectivity index (χ3v) is 5.32. The van der Waals surface area contributed by atoms with E-state index in [-0.39, 0.29) is 30.3 Å². The first-order chi connectivity index (χ1) is 11.4. The first kappa shape index (κ1) is 16.9. The zero-order valence-corrected chi connectivity index (χ0v) is 14.3. The highest BCUT2D eigenvalue weighted by Crippen LogP contribution is 2.37. The van der Waals surface area contributed by atoms with Gasteiger partial charge in [-0.3, -0.25) is 4.79 Å². The minimum atomic E-state index is -0.714. The van der Waals surface area contributed by atoms with E-state index in [9.17, 15) is 14.0 Å². The Hall–Kier alpha value is -1.95. The van der Waals surface area contributed by atoms with Gasteiger partial charge in [0.1, 0.15) is 17.9 Å². The molecule has 2 aliphatic rings. The third-order valence-electron chi connectivity index (χ3n) is 5.32. The van der Waals surface area contributed by atoms with Crippen LogP contribution in [0.1, 0.15) is 38.2 Å². The maximum atomic E-state index is 13.3. The summed E-state index contributed by atoms with van der Waals surface area (Å²) in [6, 6.07) is 6.12. The van der Waals surface area contributed by atoms with Crippen molar-refractivity contribution in [1.29, 1.82) is 0 Å². The van der Waals surface area contributed by atoms with E-state index in [0.29, 0.717) is 6.54 Å². The van der Waals surface area contributed by atoms with Crippen LogP contribution in [0.25, 0.3) is 0 Å². The van der Waals surface area contributed by atoms with Gasteiger partial charge in [-0.1, -0.05) is 31.9 Å². The van der Waals surface area contributed by atoms with E-state index in [4.69, 9.17) is 0 Å². The van der Waals surface area contributed by atoms with Crippen LogP contribution >= 0.6 is 0 Å². The molecule has 0 aromatic heterocycles. The number of quaternary nitrogens is 1. The molecule has 6 heteroatoms. The van der Waals surface area contributed by atoms with Gasteiger partial charge >= 0.3 is 6.03 Å². The number of nitrogens with zero attached hydrogens (tertiary/aromatic N) is 1. The number of hydrogen-bond acceptors (Lipinski definition) is 2. The molecule has 3 amide bonds. The lowest BCUT2D eigenvalue weighted by Crippen LogP contribution is -3.09. The number of nitrogens with one attached hydrogen (secondary N) is 2. The van der Waals surface area contributed by atoms with Crippen LogP contribution in [0, 0.1) is 11.7 Å². The molecule has 0 bridgehead atoms. The van der Waals surface area contributed by atoms with Crippen LogP contribution in [-0.4, -0.2) is 36.1 Å². The smallest absolute Gasteiger partial charge is 0.323 e. The van der Waals surface area contributed by atoms with E-state index in [1.807, 2.05) is 20.0 Å². The van der Waals surface area contributed by atoms with Crippen LogP contribution in [0.4, 0.5) is 9.18 Å². The summed E-state index contributed by atoms with van der Waals surface area (Å²) < 4.78 is 13.3. The van der Waals surface area contributed by atoms with E-state index < -0.39 is 5.54 Å². The fourth-order valence-corrected chi connectivity index (χ4v) is 3.96. The Morgan fingerprint density at radius 3 is 2.88 bits per heavy atom. The van der Waals surface area contributed by atoms with Gasteiger partial charge < -0.3 is 10.2 Å². The van der Waals surface area contributed by atoms with Crippen LogP contribution in [0.5, 0.6) is 0 Å². The second kappa shape index (κ2) is 6.51. The summed E-state index contributed by atoms with van der Waals surface area (Å²) in [5.74, 6) is -0.209. The number of carbonyl (C=O) groups excluding carboxylic acids is 2. The average Bonchev–Trinajstić information content (AvgIpc) is 2.75. The van der Waals surface area contributed by atoms with Crippen molar-refractivity contribution in [2.45, 2.75) is 44.7 Å². The number of benzene rings is 1. The predicted molar refractivity (Wildman–Crippen MR) is 87.6 cm³/mol. The summed E-state index contributed by atoms with van der Waals surface area (Å²) in [6.45, 7) is 2.89. The van der Waals surface area contributed by atoms with Crippen molar-refractivity contribution in [3.05, 3.63) is 35.6 Å². The Bertz CT molecular complexity index is 651. The molecular weight excluding hydrogens is 309 g/mol. The number of urea groups is 1. The van der Waals surface area contributed by atoms with Crippen molar-refractivity contribution in [2.24, 2.45) is 5.92 Å². The number of halogens is 1. The molecule has 3 atom stereocenters. The summed E-state index contributed by atoms with van der Waals surface area (Å²) >= 11 is 0. The highest BCUT2D eigenvalue weighted by Gasteiger charge is 2.55. The first-order valence-corrected chi connectivity index (χ1v) is 8.62.